The van der Waals surface area contributed by atoms with Crippen molar-refractivity contribution in [3.05, 3.63) is 11.6 Å². The van der Waals surface area contributed by atoms with Gasteiger partial charge in [0.25, 0.3) is 0 Å². The summed E-state index contributed by atoms with van der Waals surface area (Å²) in [6.07, 6.45) is 6.82. The predicted molar refractivity (Wildman–Crippen MR) is 45.9 cm³/mol. The minimum atomic E-state index is -0.533. The molecule has 0 heterocycles. The molecular formula is C9H13NO. The molecule has 0 amide bonds. The minimum Gasteiger partial charge on any atom is -0.320 e. The Morgan fingerprint density at radius 3 is 2.64 bits per heavy atom. The molecule has 0 aliphatic rings. The molecule has 0 aromatic rings. The van der Waals surface area contributed by atoms with Gasteiger partial charge in [-0.25, -0.2) is 0 Å². The summed E-state index contributed by atoms with van der Waals surface area (Å²) in [5.74, 6) is 2.25. The summed E-state index contributed by atoms with van der Waals surface area (Å²) in [5.41, 5.74) is 6.39. The number of ketones is 1. The van der Waals surface area contributed by atoms with Crippen LogP contribution < -0.4 is 5.73 Å². The highest BCUT2D eigenvalue weighted by Gasteiger charge is 2.07. The van der Waals surface area contributed by atoms with Gasteiger partial charge in [-0.3, -0.25) is 4.79 Å². The molecule has 1 atom stereocenters. The Kier molecular flexibility index (Phi) is 4.24. The van der Waals surface area contributed by atoms with Crippen molar-refractivity contribution in [3.63, 3.8) is 0 Å². The Morgan fingerprint density at radius 1 is 1.73 bits per heavy atom. The number of carbonyl (C=O) groups excluding carboxylic acids is 1. The topological polar surface area (TPSA) is 43.1 Å². The second-order valence-electron chi connectivity index (χ2n) is 2.64. The second-order valence-corrected chi connectivity index (χ2v) is 2.64. The fourth-order valence-corrected chi connectivity index (χ4v) is 0.619. The van der Waals surface area contributed by atoms with Crippen molar-refractivity contribution in [2.24, 2.45) is 5.73 Å². The summed E-state index contributed by atoms with van der Waals surface area (Å²) in [4.78, 5) is 11.0. The maximum Gasteiger partial charge on any atom is 0.173 e. The molecule has 0 radical (unpaired) electrons. The first kappa shape index (κ1) is 9.93. The van der Waals surface area contributed by atoms with E-state index in [1.54, 1.807) is 0 Å². The van der Waals surface area contributed by atoms with Gasteiger partial charge >= 0.3 is 0 Å². The van der Waals surface area contributed by atoms with Crippen LogP contribution in [0.1, 0.15) is 20.3 Å². The van der Waals surface area contributed by atoms with E-state index in [1.807, 2.05) is 13.8 Å². The van der Waals surface area contributed by atoms with Crippen LogP contribution in [0.15, 0.2) is 11.6 Å². The molecule has 0 aromatic heterocycles. The normalized spacial score (nSPS) is 11.5. The highest BCUT2D eigenvalue weighted by atomic mass is 16.1. The molecule has 2 nitrogen and oxygen atoms in total. The first-order valence-corrected chi connectivity index (χ1v) is 3.45. The molecule has 2 heteroatoms. The number of hydrogen-bond acceptors (Lipinski definition) is 2. The zero-order chi connectivity index (χ0) is 8.85. The Labute approximate surface area is 67.5 Å². The van der Waals surface area contributed by atoms with E-state index in [1.165, 1.54) is 6.08 Å². The van der Waals surface area contributed by atoms with Crippen molar-refractivity contribution >= 4 is 5.78 Å². The van der Waals surface area contributed by atoms with E-state index >= 15 is 0 Å². The molecule has 0 fully saturated rings. The fourth-order valence-electron chi connectivity index (χ4n) is 0.619. The van der Waals surface area contributed by atoms with E-state index in [0.29, 0.717) is 6.42 Å². The average Bonchev–Trinajstić information content (AvgIpc) is 1.86. The van der Waals surface area contributed by atoms with Crippen molar-refractivity contribution in [3.8, 4) is 12.3 Å². The molecule has 1 unspecified atom stereocenters. The molecular weight excluding hydrogens is 138 g/mol. The largest absolute Gasteiger partial charge is 0.320 e. The maximum atomic E-state index is 11.0. The SMILES string of the molecule is C#CCC(N)C(=O)C=C(C)C. The van der Waals surface area contributed by atoms with Gasteiger partial charge in [0.1, 0.15) is 0 Å². The van der Waals surface area contributed by atoms with E-state index in [9.17, 15) is 4.79 Å². The number of carbonyl (C=O) groups is 1. The van der Waals surface area contributed by atoms with Gasteiger partial charge in [-0.1, -0.05) is 5.57 Å². The second kappa shape index (κ2) is 4.70. The number of allylic oxidation sites excluding steroid dienone is 1. The van der Waals surface area contributed by atoms with E-state index in [4.69, 9.17) is 12.2 Å². The smallest absolute Gasteiger partial charge is 0.173 e. The first-order chi connectivity index (χ1) is 5.07. The van der Waals surface area contributed by atoms with Crippen LogP contribution in [0.5, 0.6) is 0 Å². The van der Waals surface area contributed by atoms with Crippen LogP contribution >= 0.6 is 0 Å². The van der Waals surface area contributed by atoms with Crippen molar-refractivity contribution in [2.45, 2.75) is 26.3 Å². The van der Waals surface area contributed by atoms with Crippen molar-refractivity contribution in [1.29, 1.82) is 0 Å². The van der Waals surface area contributed by atoms with Crippen molar-refractivity contribution in [2.75, 3.05) is 0 Å². The van der Waals surface area contributed by atoms with Gasteiger partial charge in [-0.2, -0.15) is 0 Å². The Hall–Kier alpha value is -1.07. The van der Waals surface area contributed by atoms with Gasteiger partial charge in [0.15, 0.2) is 5.78 Å². The van der Waals surface area contributed by atoms with Crippen molar-refractivity contribution in [1.82, 2.24) is 0 Å². The summed E-state index contributed by atoms with van der Waals surface area (Å²) < 4.78 is 0. The summed E-state index contributed by atoms with van der Waals surface area (Å²) >= 11 is 0. The lowest BCUT2D eigenvalue weighted by molar-refractivity contribution is -0.115. The van der Waals surface area contributed by atoms with Crippen molar-refractivity contribution < 1.29 is 4.79 Å². The van der Waals surface area contributed by atoms with E-state index in [0.717, 1.165) is 5.57 Å². The van der Waals surface area contributed by atoms with Crippen LogP contribution in [-0.4, -0.2) is 11.8 Å². The molecule has 0 saturated heterocycles. The van der Waals surface area contributed by atoms with Crippen LogP contribution in [0.2, 0.25) is 0 Å². The summed E-state index contributed by atoms with van der Waals surface area (Å²) in [5, 5.41) is 0. The lowest BCUT2D eigenvalue weighted by atomic mass is 10.1. The van der Waals surface area contributed by atoms with Gasteiger partial charge in [0, 0.05) is 6.42 Å². The maximum absolute atomic E-state index is 11.0. The fraction of sp³-hybridized carbons (Fsp3) is 0.444. The lowest BCUT2D eigenvalue weighted by Crippen LogP contribution is -2.28. The van der Waals surface area contributed by atoms with Crippen LogP contribution in [0.4, 0.5) is 0 Å². The quantitative estimate of drug-likeness (QED) is 0.480. The predicted octanol–water partition coefficient (Wildman–Crippen LogP) is 0.872. The third kappa shape index (κ3) is 4.35. The van der Waals surface area contributed by atoms with Gasteiger partial charge in [-0.05, 0) is 19.9 Å². The molecule has 0 saturated carbocycles. The third-order valence-electron chi connectivity index (χ3n) is 1.13. The molecule has 60 valence electrons. The van der Waals surface area contributed by atoms with Gasteiger partial charge < -0.3 is 5.73 Å². The monoisotopic (exact) mass is 151 g/mol. The first-order valence-electron chi connectivity index (χ1n) is 3.45. The Balaban J connectivity index is 4.06. The van der Waals surface area contributed by atoms with Crippen LogP contribution in [0, 0.1) is 12.3 Å². The molecule has 0 aliphatic heterocycles. The van der Waals surface area contributed by atoms with E-state index in [2.05, 4.69) is 5.92 Å². The lowest BCUT2D eigenvalue weighted by Gasteiger charge is -2.01. The summed E-state index contributed by atoms with van der Waals surface area (Å²) in [6.45, 7) is 3.70. The number of nitrogens with two attached hydrogens (primary N) is 1. The molecule has 0 bridgehead atoms. The molecule has 0 rings (SSSR count). The molecule has 2 N–H and O–H groups in total. The summed E-state index contributed by atoms with van der Waals surface area (Å²) in [6, 6.07) is -0.533. The van der Waals surface area contributed by atoms with Crippen LogP contribution in [-0.2, 0) is 4.79 Å². The zero-order valence-corrected chi connectivity index (χ0v) is 6.92. The van der Waals surface area contributed by atoms with Crippen LogP contribution in [0.3, 0.4) is 0 Å². The van der Waals surface area contributed by atoms with Gasteiger partial charge in [0.2, 0.25) is 0 Å². The highest BCUT2D eigenvalue weighted by molar-refractivity contribution is 5.94. The number of rotatable bonds is 3. The number of hydrogen-bond donors (Lipinski definition) is 1. The van der Waals surface area contributed by atoms with Gasteiger partial charge in [0.05, 0.1) is 6.04 Å². The Bertz CT molecular complexity index is 206. The molecule has 0 aromatic carbocycles. The highest BCUT2D eigenvalue weighted by Crippen LogP contribution is 1.94. The minimum absolute atomic E-state index is 0.0945. The van der Waals surface area contributed by atoms with Gasteiger partial charge in [-0.15, -0.1) is 12.3 Å². The van der Waals surface area contributed by atoms with E-state index < -0.39 is 6.04 Å². The average molecular weight is 151 g/mol. The summed E-state index contributed by atoms with van der Waals surface area (Å²) in [7, 11) is 0. The van der Waals surface area contributed by atoms with Crippen LogP contribution in [0.25, 0.3) is 0 Å². The van der Waals surface area contributed by atoms with E-state index in [-0.39, 0.29) is 5.78 Å². The molecule has 11 heavy (non-hydrogen) atoms. The standard InChI is InChI=1S/C9H13NO/c1-4-5-8(10)9(11)6-7(2)3/h1,6,8H,5,10H2,2-3H3. The number of terminal acetylenes is 1. The molecule has 0 aliphatic carbocycles. The molecule has 0 spiro atoms. The third-order valence-corrected chi connectivity index (χ3v) is 1.13. The Morgan fingerprint density at radius 2 is 2.27 bits per heavy atom. The zero-order valence-electron chi connectivity index (χ0n) is 6.92.